The van der Waals surface area contributed by atoms with Gasteiger partial charge < -0.3 is 20.1 Å². The van der Waals surface area contributed by atoms with Crippen LogP contribution in [0.1, 0.15) is 113 Å². The van der Waals surface area contributed by atoms with Crippen molar-refractivity contribution in [3.63, 3.8) is 0 Å². The Bertz CT molecular complexity index is 796. The molecule has 0 bridgehead atoms. The van der Waals surface area contributed by atoms with Gasteiger partial charge in [-0.15, -0.1) is 0 Å². The van der Waals surface area contributed by atoms with E-state index < -0.39 is 23.4 Å². The van der Waals surface area contributed by atoms with Crippen molar-refractivity contribution >= 4 is 5.97 Å². The molecule has 4 aliphatic carbocycles. The number of rotatable bonds is 6. The van der Waals surface area contributed by atoms with Crippen LogP contribution < -0.4 is 0 Å². The van der Waals surface area contributed by atoms with Gasteiger partial charge in [-0.05, 0) is 106 Å². The van der Waals surface area contributed by atoms with E-state index in [2.05, 4.69) is 27.7 Å². The Morgan fingerprint density at radius 3 is 2.37 bits per heavy atom. The van der Waals surface area contributed by atoms with E-state index in [0.717, 1.165) is 32.1 Å². The van der Waals surface area contributed by atoms with Gasteiger partial charge in [-0.2, -0.15) is 0 Å². The zero-order valence-corrected chi connectivity index (χ0v) is 23.3. The molecule has 0 radical (unpaired) electrons. The number of fused-ring (bicyclic) bond motifs is 5. The van der Waals surface area contributed by atoms with Gasteiger partial charge in [0.25, 0.3) is 0 Å². The average molecular weight is 493 g/mol. The zero-order valence-electron chi connectivity index (χ0n) is 23.3. The molecular formula is C30H52O5. The fraction of sp³-hybridized carbons (Fsp3) is 0.967. The summed E-state index contributed by atoms with van der Waals surface area (Å²) in [5.41, 5.74) is -1.62. The summed E-state index contributed by atoms with van der Waals surface area (Å²) in [6.07, 6.45) is 8.29. The molecule has 4 saturated carbocycles. The van der Waals surface area contributed by atoms with Crippen LogP contribution in [0.5, 0.6) is 0 Å². The first-order valence-corrected chi connectivity index (χ1v) is 14.4. The minimum atomic E-state index is -1.16. The summed E-state index contributed by atoms with van der Waals surface area (Å²) in [7, 11) is 0. The van der Waals surface area contributed by atoms with Crippen molar-refractivity contribution in [1.82, 2.24) is 0 Å². The van der Waals surface area contributed by atoms with Crippen molar-refractivity contribution in [2.24, 2.45) is 46.3 Å². The highest BCUT2D eigenvalue weighted by molar-refractivity contribution is 5.66. The Hall–Kier alpha value is -0.650. The van der Waals surface area contributed by atoms with E-state index in [1.165, 1.54) is 26.2 Å². The third kappa shape index (κ3) is 4.40. The van der Waals surface area contributed by atoms with Gasteiger partial charge in [0.1, 0.15) is 5.60 Å². The quantitative estimate of drug-likeness (QED) is 0.427. The van der Waals surface area contributed by atoms with Crippen molar-refractivity contribution in [3.8, 4) is 0 Å². The molecule has 5 nitrogen and oxygen atoms in total. The molecule has 0 aromatic rings. The van der Waals surface area contributed by atoms with Gasteiger partial charge in [0.2, 0.25) is 0 Å². The number of aliphatic hydroxyl groups is 3. The minimum Gasteiger partial charge on any atom is -0.460 e. The molecule has 0 aliphatic heterocycles. The topological polar surface area (TPSA) is 87.0 Å². The normalized spacial score (nSPS) is 47.3. The van der Waals surface area contributed by atoms with Crippen molar-refractivity contribution in [2.75, 3.05) is 0 Å². The Morgan fingerprint density at radius 2 is 1.71 bits per heavy atom. The van der Waals surface area contributed by atoms with Crippen molar-refractivity contribution in [3.05, 3.63) is 0 Å². The first-order chi connectivity index (χ1) is 16.2. The molecule has 3 N–H and O–H groups in total. The van der Waals surface area contributed by atoms with Crippen molar-refractivity contribution < 1.29 is 24.9 Å². The molecule has 4 rings (SSSR count). The molecule has 11 atom stereocenters. The first kappa shape index (κ1) is 27.4. The molecule has 0 spiro atoms. The molecule has 0 aromatic heterocycles. The number of aliphatic hydroxyl groups excluding tert-OH is 2. The lowest BCUT2D eigenvalue weighted by molar-refractivity contribution is -0.264. The van der Waals surface area contributed by atoms with Crippen LogP contribution in [-0.4, -0.2) is 44.7 Å². The molecule has 4 aliphatic rings. The lowest BCUT2D eigenvalue weighted by atomic mass is 9.42. The second-order valence-electron chi connectivity index (χ2n) is 14.2. The van der Waals surface area contributed by atoms with Gasteiger partial charge in [-0.25, -0.2) is 0 Å². The van der Waals surface area contributed by atoms with Crippen LogP contribution in [-0.2, 0) is 9.53 Å². The summed E-state index contributed by atoms with van der Waals surface area (Å²) >= 11 is 0. The van der Waals surface area contributed by atoms with E-state index in [9.17, 15) is 20.1 Å². The highest BCUT2D eigenvalue weighted by Crippen LogP contribution is 2.69. The van der Waals surface area contributed by atoms with Gasteiger partial charge in [0, 0.05) is 18.8 Å². The lowest BCUT2D eigenvalue weighted by Crippen LogP contribution is -2.68. The van der Waals surface area contributed by atoms with E-state index in [1.54, 1.807) is 0 Å². The minimum absolute atomic E-state index is 0.208. The van der Waals surface area contributed by atoms with Crippen LogP contribution in [0.4, 0.5) is 0 Å². The standard InChI is InChI=1S/C30H52O5/c1-18(8-9-19(2)27(4,5)35-20(3)31)23-10-11-24-22-16-26(33)30(34)17-21(32)12-15-29(30,7)25(22)13-14-28(23,24)6/h18-19,21-26,32-34H,8-17H2,1-7H3/t18-,19+,21?,22+,23-,24+,25+,26-,28-,29-,30+/m1/s1. The second kappa shape index (κ2) is 9.27. The van der Waals surface area contributed by atoms with Gasteiger partial charge in [0.05, 0.1) is 17.8 Å². The van der Waals surface area contributed by atoms with Crippen LogP contribution in [0, 0.1) is 46.3 Å². The number of esters is 1. The van der Waals surface area contributed by atoms with E-state index in [4.69, 9.17) is 4.74 Å². The summed E-state index contributed by atoms with van der Waals surface area (Å²) in [5.74, 6) is 2.89. The number of carbonyl (C=O) groups excluding carboxylic acids is 1. The molecule has 0 heterocycles. The molecule has 1 unspecified atom stereocenters. The summed E-state index contributed by atoms with van der Waals surface area (Å²) < 4.78 is 5.60. The van der Waals surface area contributed by atoms with Gasteiger partial charge in [0.15, 0.2) is 0 Å². The Labute approximate surface area is 213 Å². The summed E-state index contributed by atoms with van der Waals surface area (Å²) in [5, 5.41) is 33.2. The number of hydrogen-bond acceptors (Lipinski definition) is 5. The summed E-state index contributed by atoms with van der Waals surface area (Å²) in [6, 6.07) is 0. The summed E-state index contributed by atoms with van der Waals surface area (Å²) in [4.78, 5) is 11.5. The monoisotopic (exact) mass is 492 g/mol. The molecule has 4 fully saturated rings. The Morgan fingerprint density at radius 1 is 1.03 bits per heavy atom. The number of carbonyl (C=O) groups is 1. The molecule has 0 saturated heterocycles. The van der Waals surface area contributed by atoms with Gasteiger partial charge in [-0.1, -0.05) is 34.1 Å². The van der Waals surface area contributed by atoms with E-state index in [1.807, 2.05) is 13.8 Å². The van der Waals surface area contributed by atoms with Gasteiger partial charge >= 0.3 is 5.97 Å². The summed E-state index contributed by atoms with van der Waals surface area (Å²) in [6.45, 7) is 14.9. The fourth-order valence-electron chi connectivity index (χ4n) is 9.77. The molecular weight excluding hydrogens is 440 g/mol. The van der Waals surface area contributed by atoms with Crippen LogP contribution >= 0.6 is 0 Å². The Kier molecular flexibility index (Phi) is 7.26. The largest absolute Gasteiger partial charge is 0.460 e. The average Bonchev–Trinajstić information content (AvgIpc) is 3.10. The maximum Gasteiger partial charge on any atom is 0.303 e. The highest BCUT2D eigenvalue weighted by atomic mass is 16.6. The molecule has 5 heteroatoms. The van der Waals surface area contributed by atoms with Crippen LogP contribution in [0.15, 0.2) is 0 Å². The SMILES string of the molecule is CC(=O)OC(C)(C)[C@@H](C)CC[C@@H](C)[C@H]1CC[C@H]2[C@@H]3C[C@@H](O)[C@@]4(O)CC(O)CC[C@]4(C)[C@H]3CC[C@]12C. The maximum absolute atomic E-state index is 11.7. The van der Waals surface area contributed by atoms with Crippen LogP contribution in [0.2, 0.25) is 0 Å². The number of ether oxygens (including phenoxy) is 1. The zero-order chi connectivity index (χ0) is 26.0. The first-order valence-electron chi connectivity index (χ1n) is 14.4. The molecule has 0 amide bonds. The third-order valence-electron chi connectivity index (χ3n) is 12.2. The predicted molar refractivity (Wildman–Crippen MR) is 137 cm³/mol. The van der Waals surface area contributed by atoms with Crippen LogP contribution in [0.3, 0.4) is 0 Å². The van der Waals surface area contributed by atoms with Gasteiger partial charge in [-0.3, -0.25) is 4.79 Å². The third-order valence-corrected chi connectivity index (χ3v) is 12.2. The maximum atomic E-state index is 11.7. The molecule has 0 aromatic carbocycles. The van der Waals surface area contributed by atoms with Crippen LogP contribution in [0.25, 0.3) is 0 Å². The molecule has 202 valence electrons. The smallest absolute Gasteiger partial charge is 0.303 e. The Balaban J connectivity index is 1.46. The predicted octanol–water partition coefficient (Wildman–Crippen LogP) is 5.49. The highest BCUT2D eigenvalue weighted by Gasteiger charge is 2.67. The fourth-order valence-corrected chi connectivity index (χ4v) is 9.77. The number of hydrogen-bond donors (Lipinski definition) is 3. The van der Waals surface area contributed by atoms with E-state index >= 15 is 0 Å². The lowest BCUT2D eigenvalue weighted by Gasteiger charge is -2.65. The van der Waals surface area contributed by atoms with E-state index in [-0.39, 0.29) is 16.8 Å². The second-order valence-corrected chi connectivity index (χ2v) is 14.2. The van der Waals surface area contributed by atoms with Crippen molar-refractivity contribution in [1.29, 1.82) is 0 Å². The molecule has 35 heavy (non-hydrogen) atoms. The van der Waals surface area contributed by atoms with Crippen molar-refractivity contribution in [2.45, 2.75) is 136 Å². The van der Waals surface area contributed by atoms with E-state index in [0.29, 0.717) is 48.3 Å².